The lowest BCUT2D eigenvalue weighted by Crippen LogP contribution is -2.31. The molecule has 0 aliphatic carbocycles. The zero-order valence-electron chi connectivity index (χ0n) is 4.95. The molecule has 0 aliphatic rings. The molecule has 0 fully saturated rings. The van der Waals surface area contributed by atoms with Crippen LogP contribution in [0.3, 0.4) is 0 Å². The van der Waals surface area contributed by atoms with Crippen LogP contribution in [-0.4, -0.2) is 6.86 Å². The maximum atomic E-state index is 5.59. The van der Waals surface area contributed by atoms with Gasteiger partial charge in [0.05, 0.1) is 0 Å². The predicted octanol–water partition coefficient (Wildman–Crippen LogP) is 2.16. The molecule has 0 aliphatic heterocycles. The summed E-state index contributed by atoms with van der Waals surface area (Å²) < 4.78 is 0. The van der Waals surface area contributed by atoms with Gasteiger partial charge >= 0.3 is 6.86 Å². The van der Waals surface area contributed by atoms with Gasteiger partial charge in [-0.3, -0.25) is 0 Å². The van der Waals surface area contributed by atoms with E-state index >= 15 is 0 Å². The highest BCUT2D eigenvalue weighted by Crippen LogP contribution is 2.15. The lowest BCUT2D eigenvalue weighted by Gasteiger charge is -2.06. The molecular formula is C4H11Cl2NSi. The highest BCUT2D eigenvalue weighted by molar-refractivity contribution is 7.43. The Kier molecular flexibility index (Phi) is 4.07. The number of nitrogens with two attached hydrogens (primary N) is 1. The Labute approximate surface area is 60.7 Å². The quantitative estimate of drug-likeness (QED) is 0.512. The lowest BCUT2D eigenvalue weighted by atomic mass is 10.4. The van der Waals surface area contributed by atoms with Gasteiger partial charge in [0.2, 0.25) is 0 Å². The minimum atomic E-state index is -2.23. The topological polar surface area (TPSA) is 26.0 Å². The molecule has 8 heavy (non-hydrogen) atoms. The molecule has 0 rings (SSSR count). The molecule has 0 aromatic heterocycles. The van der Waals surface area contributed by atoms with Crippen molar-refractivity contribution in [2.75, 3.05) is 0 Å². The molecule has 0 radical (unpaired) electrons. The molecule has 0 amide bonds. The van der Waals surface area contributed by atoms with Crippen molar-refractivity contribution in [2.45, 2.75) is 25.8 Å². The van der Waals surface area contributed by atoms with Crippen molar-refractivity contribution < 1.29 is 0 Å². The van der Waals surface area contributed by atoms with Gasteiger partial charge in [-0.1, -0.05) is 19.8 Å². The van der Waals surface area contributed by atoms with E-state index in [0.29, 0.717) is 0 Å². The van der Waals surface area contributed by atoms with Crippen LogP contribution in [0, 0.1) is 0 Å². The monoisotopic (exact) mass is 171 g/mol. The fraction of sp³-hybridized carbons (Fsp3) is 1.00. The average molecular weight is 172 g/mol. The van der Waals surface area contributed by atoms with Gasteiger partial charge in [-0.15, -0.1) is 22.2 Å². The molecule has 0 spiro atoms. The van der Waals surface area contributed by atoms with E-state index in [1.54, 1.807) is 0 Å². The molecule has 4 heteroatoms. The molecule has 0 atom stereocenters. The second-order valence-electron chi connectivity index (χ2n) is 1.86. The molecule has 0 aromatic rings. The summed E-state index contributed by atoms with van der Waals surface area (Å²) in [5, 5.41) is 5.39. The summed E-state index contributed by atoms with van der Waals surface area (Å²) in [6.45, 7) is -0.143. The van der Waals surface area contributed by atoms with Crippen LogP contribution in [0.2, 0.25) is 6.04 Å². The Morgan fingerprint density at radius 1 is 1.50 bits per heavy atom. The van der Waals surface area contributed by atoms with Crippen LogP contribution in [0.5, 0.6) is 0 Å². The second-order valence-corrected chi connectivity index (χ2v) is 8.51. The van der Waals surface area contributed by atoms with Crippen molar-refractivity contribution in [1.82, 2.24) is 0 Å². The summed E-state index contributed by atoms with van der Waals surface area (Å²) in [5.74, 6) is 0. The van der Waals surface area contributed by atoms with E-state index in [9.17, 15) is 0 Å². The van der Waals surface area contributed by atoms with Crippen molar-refractivity contribution in [3.63, 3.8) is 0 Å². The third-order valence-electron chi connectivity index (χ3n) is 0.864. The lowest BCUT2D eigenvalue weighted by molar-refractivity contribution is 0.875. The van der Waals surface area contributed by atoms with E-state index in [2.05, 4.69) is 6.92 Å². The van der Waals surface area contributed by atoms with Gasteiger partial charge in [0.1, 0.15) is 0 Å². The Hall–Kier alpha value is 0.757. The van der Waals surface area contributed by atoms with Gasteiger partial charge in [0.25, 0.3) is 0 Å². The SMILES string of the molecule is CCCC[Si](N)(Cl)Cl. The molecule has 0 heterocycles. The molecule has 0 bridgehead atoms. The Bertz CT molecular complexity index is 61.5. The van der Waals surface area contributed by atoms with Crippen LogP contribution in [0.25, 0.3) is 0 Å². The summed E-state index contributed by atoms with van der Waals surface area (Å²) in [6.07, 6.45) is 2.17. The molecule has 0 saturated heterocycles. The van der Waals surface area contributed by atoms with Crippen molar-refractivity contribution in [3.8, 4) is 0 Å². The van der Waals surface area contributed by atoms with E-state index in [1.807, 2.05) is 0 Å². The first kappa shape index (κ1) is 8.76. The second kappa shape index (κ2) is 3.72. The van der Waals surface area contributed by atoms with Crippen molar-refractivity contribution >= 4 is 29.0 Å². The first-order chi connectivity index (χ1) is 3.56. The summed E-state index contributed by atoms with van der Waals surface area (Å²) in [6, 6.07) is 0.812. The number of unbranched alkanes of at least 4 members (excludes halogenated alkanes) is 1. The maximum Gasteiger partial charge on any atom is 0.319 e. The molecule has 50 valence electrons. The zero-order valence-corrected chi connectivity index (χ0v) is 7.47. The van der Waals surface area contributed by atoms with Gasteiger partial charge in [-0.05, 0) is 6.04 Å². The van der Waals surface area contributed by atoms with Gasteiger partial charge < -0.3 is 5.40 Å². The summed E-state index contributed by atoms with van der Waals surface area (Å²) in [5.41, 5.74) is 0. The standard InChI is InChI=1S/C4H11Cl2NSi/c1-2-3-4-8(5,6)7/h2-4,7H2,1H3. The van der Waals surface area contributed by atoms with Crippen LogP contribution in [0.4, 0.5) is 0 Å². The van der Waals surface area contributed by atoms with E-state index < -0.39 is 6.86 Å². The zero-order chi connectivity index (χ0) is 6.62. The Morgan fingerprint density at radius 2 is 2.00 bits per heavy atom. The highest BCUT2D eigenvalue weighted by Gasteiger charge is 2.20. The average Bonchev–Trinajstić information content (AvgIpc) is 1.59. The Morgan fingerprint density at radius 3 is 2.12 bits per heavy atom. The van der Waals surface area contributed by atoms with Gasteiger partial charge in [-0.25, -0.2) is 0 Å². The molecule has 0 unspecified atom stereocenters. The van der Waals surface area contributed by atoms with E-state index in [1.165, 1.54) is 0 Å². The van der Waals surface area contributed by atoms with E-state index in [4.69, 9.17) is 27.6 Å². The molecule has 1 nitrogen and oxygen atoms in total. The molecule has 0 saturated carbocycles. The number of hydrogen-bond donors (Lipinski definition) is 1. The third kappa shape index (κ3) is 6.76. The molecular weight excluding hydrogens is 161 g/mol. The van der Waals surface area contributed by atoms with E-state index in [0.717, 1.165) is 18.9 Å². The number of hydrogen-bond acceptors (Lipinski definition) is 1. The number of rotatable bonds is 3. The predicted molar refractivity (Wildman–Crippen MR) is 41.4 cm³/mol. The maximum absolute atomic E-state index is 5.59. The van der Waals surface area contributed by atoms with Crippen molar-refractivity contribution in [1.29, 1.82) is 0 Å². The highest BCUT2D eigenvalue weighted by atomic mass is 35.7. The minimum absolute atomic E-state index is 0.812. The van der Waals surface area contributed by atoms with Gasteiger partial charge in [0, 0.05) is 0 Å². The van der Waals surface area contributed by atoms with Crippen LogP contribution in [0.15, 0.2) is 0 Å². The van der Waals surface area contributed by atoms with Crippen molar-refractivity contribution in [3.05, 3.63) is 0 Å². The molecule has 0 aromatic carbocycles. The van der Waals surface area contributed by atoms with Crippen LogP contribution in [0.1, 0.15) is 19.8 Å². The normalized spacial score (nSPS) is 12.0. The summed E-state index contributed by atoms with van der Waals surface area (Å²) >= 11 is 11.2. The largest absolute Gasteiger partial charge is 0.327 e. The van der Waals surface area contributed by atoms with Gasteiger partial charge in [-0.2, -0.15) is 0 Å². The number of halogens is 2. The van der Waals surface area contributed by atoms with Gasteiger partial charge in [0.15, 0.2) is 0 Å². The minimum Gasteiger partial charge on any atom is -0.327 e. The third-order valence-corrected chi connectivity index (χ3v) is 3.02. The fourth-order valence-corrected chi connectivity index (χ4v) is 2.04. The molecule has 2 N–H and O–H groups in total. The Balaban J connectivity index is 3.11. The summed E-state index contributed by atoms with van der Waals surface area (Å²) in [4.78, 5) is 0. The first-order valence-corrected chi connectivity index (χ1v) is 7.04. The van der Waals surface area contributed by atoms with Crippen molar-refractivity contribution in [2.24, 2.45) is 5.40 Å². The smallest absolute Gasteiger partial charge is 0.319 e. The first-order valence-electron chi connectivity index (χ1n) is 2.73. The van der Waals surface area contributed by atoms with Crippen LogP contribution < -0.4 is 5.40 Å². The van der Waals surface area contributed by atoms with Crippen LogP contribution >= 0.6 is 22.2 Å². The summed E-state index contributed by atoms with van der Waals surface area (Å²) in [7, 11) is 0. The van der Waals surface area contributed by atoms with Crippen LogP contribution in [-0.2, 0) is 0 Å². The fourth-order valence-electron chi connectivity index (χ4n) is 0.412. The van der Waals surface area contributed by atoms with E-state index in [-0.39, 0.29) is 0 Å².